The van der Waals surface area contributed by atoms with Crippen LogP contribution in [0.3, 0.4) is 0 Å². The summed E-state index contributed by atoms with van der Waals surface area (Å²) in [6, 6.07) is 5.39. The van der Waals surface area contributed by atoms with Crippen molar-refractivity contribution in [1.82, 2.24) is 14.8 Å². The molecule has 0 spiro atoms. The molecule has 0 atom stereocenters. The number of rotatable bonds is 4. The van der Waals surface area contributed by atoms with Gasteiger partial charge in [0, 0.05) is 10.7 Å². The Balaban J connectivity index is 2.15. The Morgan fingerprint density at radius 3 is 2.68 bits per heavy atom. The lowest BCUT2D eigenvalue weighted by molar-refractivity contribution is -0.394. The predicted octanol–water partition coefficient (Wildman–Crippen LogP) is 1.69. The van der Waals surface area contributed by atoms with Crippen LogP contribution in [0, 0.1) is 24.0 Å². The summed E-state index contributed by atoms with van der Waals surface area (Å²) in [4.78, 5) is 25.2. The lowest BCUT2D eigenvalue weighted by Gasteiger charge is -2.03. The number of nitrogens with zero attached hydrogens (tertiary/aromatic N) is 4. The van der Waals surface area contributed by atoms with Crippen molar-refractivity contribution >= 4 is 11.7 Å². The van der Waals surface area contributed by atoms with Gasteiger partial charge in [-0.05, 0) is 36.0 Å². The first-order valence-electron chi connectivity index (χ1n) is 5.61. The number of Topliss-reactive ketones (excluding diaryl/α,β-unsaturated/α-hetero) is 1. The number of ketones is 1. The zero-order valence-electron chi connectivity index (χ0n) is 10.5. The maximum Gasteiger partial charge on any atom is 0.490 e. The van der Waals surface area contributed by atoms with Gasteiger partial charge in [0.25, 0.3) is 0 Å². The molecule has 0 N–H and O–H groups in total. The van der Waals surface area contributed by atoms with E-state index in [0.29, 0.717) is 5.56 Å². The Bertz CT molecular complexity index is 648. The molecule has 2 aromatic rings. The van der Waals surface area contributed by atoms with Gasteiger partial charge in [0.2, 0.25) is 6.33 Å². The number of aromatic nitrogens is 3. The number of carbonyl (C=O) groups excluding carboxylic acids is 1. The SMILES string of the molecule is Cc1ccc(C(=O)Cn2cnc([N+](=O)[O-])n2)cc1C. The summed E-state index contributed by atoms with van der Waals surface area (Å²) in [7, 11) is 0. The van der Waals surface area contributed by atoms with E-state index in [1.807, 2.05) is 19.9 Å². The van der Waals surface area contributed by atoms with E-state index < -0.39 is 10.9 Å². The van der Waals surface area contributed by atoms with Crippen molar-refractivity contribution in [1.29, 1.82) is 0 Å². The fourth-order valence-electron chi connectivity index (χ4n) is 1.60. The topological polar surface area (TPSA) is 90.9 Å². The molecule has 0 saturated heterocycles. The molecule has 0 radical (unpaired) electrons. The van der Waals surface area contributed by atoms with E-state index in [9.17, 15) is 14.9 Å². The van der Waals surface area contributed by atoms with Crippen LogP contribution >= 0.6 is 0 Å². The van der Waals surface area contributed by atoms with Crippen LogP contribution < -0.4 is 0 Å². The molecule has 2 rings (SSSR count). The highest BCUT2D eigenvalue weighted by Gasteiger charge is 2.16. The van der Waals surface area contributed by atoms with Gasteiger partial charge in [-0.3, -0.25) is 4.79 Å². The molecule has 0 fully saturated rings. The lowest BCUT2D eigenvalue weighted by atomic mass is 10.0. The van der Waals surface area contributed by atoms with E-state index >= 15 is 0 Å². The molecule has 0 bridgehead atoms. The normalized spacial score (nSPS) is 10.4. The first-order valence-corrected chi connectivity index (χ1v) is 5.61. The zero-order chi connectivity index (χ0) is 14.0. The summed E-state index contributed by atoms with van der Waals surface area (Å²) >= 11 is 0. The minimum Gasteiger partial charge on any atom is -0.390 e. The minimum atomic E-state index is -0.697. The molecule has 98 valence electrons. The van der Waals surface area contributed by atoms with Crippen LogP contribution in [0.25, 0.3) is 0 Å². The number of aryl methyl sites for hydroxylation is 2. The van der Waals surface area contributed by atoms with Crippen LogP contribution in [0.2, 0.25) is 0 Å². The summed E-state index contributed by atoms with van der Waals surface area (Å²) in [5.41, 5.74) is 2.68. The van der Waals surface area contributed by atoms with Crippen molar-refractivity contribution in [3.05, 3.63) is 51.3 Å². The molecular formula is C12H12N4O3. The van der Waals surface area contributed by atoms with E-state index in [-0.39, 0.29) is 12.3 Å². The van der Waals surface area contributed by atoms with Gasteiger partial charge in [-0.15, -0.1) is 0 Å². The highest BCUT2D eigenvalue weighted by molar-refractivity contribution is 5.96. The molecule has 0 aliphatic heterocycles. The third kappa shape index (κ3) is 2.82. The third-order valence-corrected chi connectivity index (χ3v) is 2.82. The van der Waals surface area contributed by atoms with Gasteiger partial charge in [-0.25, -0.2) is 0 Å². The molecule has 1 heterocycles. The lowest BCUT2D eigenvalue weighted by Crippen LogP contribution is -2.11. The quantitative estimate of drug-likeness (QED) is 0.474. The van der Waals surface area contributed by atoms with Gasteiger partial charge in [-0.2, -0.15) is 4.68 Å². The second-order valence-corrected chi connectivity index (χ2v) is 4.22. The summed E-state index contributed by atoms with van der Waals surface area (Å²) < 4.78 is 1.16. The summed E-state index contributed by atoms with van der Waals surface area (Å²) in [6.07, 6.45) is 1.18. The average molecular weight is 260 g/mol. The maximum atomic E-state index is 12.0. The summed E-state index contributed by atoms with van der Waals surface area (Å²) in [5.74, 6) is -0.671. The highest BCUT2D eigenvalue weighted by atomic mass is 16.6. The molecule has 7 heteroatoms. The molecule has 0 amide bonds. The highest BCUT2D eigenvalue weighted by Crippen LogP contribution is 2.11. The number of nitro groups is 1. The van der Waals surface area contributed by atoms with Crippen LogP contribution in [0.4, 0.5) is 5.95 Å². The van der Waals surface area contributed by atoms with Crippen LogP contribution in [0.15, 0.2) is 24.5 Å². The van der Waals surface area contributed by atoms with Gasteiger partial charge in [0.1, 0.15) is 6.54 Å². The Kier molecular flexibility index (Phi) is 3.37. The fourth-order valence-corrected chi connectivity index (χ4v) is 1.60. The Hall–Kier alpha value is -2.57. The third-order valence-electron chi connectivity index (χ3n) is 2.82. The summed E-state index contributed by atoms with van der Waals surface area (Å²) in [6.45, 7) is 3.82. The Labute approximate surface area is 109 Å². The van der Waals surface area contributed by atoms with E-state index in [2.05, 4.69) is 10.1 Å². The van der Waals surface area contributed by atoms with Crippen LogP contribution in [0.5, 0.6) is 0 Å². The minimum absolute atomic E-state index is 0.0661. The van der Waals surface area contributed by atoms with Gasteiger partial charge in [-0.1, -0.05) is 17.1 Å². The molecule has 0 aliphatic rings. The van der Waals surface area contributed by atoms with E-state index in [1.54, 1.807) is 12.1 Å². The Morgan fingerprint density at radius 2 is 2.11 bits per heavy atom. The molecule has 1 aromatic heterocycles. The molecule has 0 saturated carbocycles. The van der Waals surface area contributed by atoms with Crippen molar-refractivity contribution in [2.24, 2.45) is 0 Å². The van der Waals surface area contributed by atoms with Gasteiger partial charge < -0.3 is 10.1 Å². The molecule has 7 nitrogen and oxygen atoms in total. The van der Waals surface area contributed by atoms with Crippen LogP contribution in [-0.4, -0.2) is 25.5 Å². The number of carbonyl (C=O) groups is 1. The standard InChI is InChI=1S/C12H12N4O3/c1-8-3-4-10(5-9(8)2)11(17)6-15-7-13-12(14-15)16(18)19/h3-5,7H,6H2,1-2H3. The smallest absolute Gasteiger partial charge is 0.390 e. The van der Waals surface area contributed by atoms with E-state index in [4.69, 9.17) is 0 Å². The fraction of sp³-hybridized carbons (Fsp3) is 0.250. The van der Waals surface area contributed by atoms with Crippen molar-refractivity contribution in [2.45, 2.75) is 20.4 Å². The molecule has 1 aromatic carbocycles. The first kappa shape index (κ1) is 12.9. The summed E-state index contributed by atoms with van der Waals surface area (Å²) in [5, 5.41) is 14.0. The monoisotopic (exact) mass is 260 g/mol. The van der Waals surface area contributed by atoms with Gasteiger partial charge in [0.15, 0.2) is 5.78 Å². The largest absolute Gasteiger partial charge is 0.490 e. The van der Waals surface area contributed by atoms with Crippen molar-refractivity contribution in [3.8, 4) is 0 Å². The second kappa shape index (κ2) is 4.97. The molecular weight excluding hydrogens is 248 g/mol. The number of hydrogen-bond donors (Lipinski definition) is 0. The van der Waals surface area contributed by atoms with Crippen LogP contribution in [-0.2, 0) is 6.54 Å². The molecule has 19 heavy (non-hydrogen) atoms. The molecule has 0 unspecified atom stereocenters. The number of benzene rings is 1. The second-order valence-electron chi connectivity index (χ2n) is 4.22. The zero-order valence-corrected chi connectivity index (χ0v) is 10.5. The van der Waals surface area contributed by atoms with Gasteiger partial charge >= 0.3 is 5.95 Å². The van der Waals surface area contributed by atoms with E-state index in [1.165, 1.54) is 6.33 Å². The number of hydrogen-bond acceptors (Lipinski definition) is 5. The predicted molar refractivity (Wildman–Crippen MR) is 66.9 cm³/mol. The first-order chi connectivity index (χ1) is 8.97. The van der Waals surface area contributed by atoms with Crippen molar-refractivity contribution in [3.63, 3.8) is 0 Å². The van der Waals surface area contributed by atoms with Gasteiger partial charge in [0.05, 0.1) is 0 Å². The van der Waals surface area contributed by atoms with Crippen molar-refractivity contribution in [2.75, 3.05) is 0 Å². The van der Waals surface area contributed by atoms with E-state index in [0.717, 1.165) is 15.8 Å². The average Bonchev–Trinajstić information content (AvgIpc) is 2.81. The van der Waals surface area contributed by atoms with Crippen molar-refractivity contribution < 1.29 is 9.72 Å². The Morgan fingerprint density at radius 1 is 1.37 bits per heavy atom. The van der Waals surface area contributed by atoms with Crippen LogP contribution in [0.1, 0.15) is 21.5 Å². The maximum absolute atomic E-state index is 12.0. The molecule has 0 aliphatic carbocycles.